The fourth-order valence-electron chi connectivity index (χ4n) is 2.34. The number of esters is 1. The van der Waals surface area contributed by atoms with E-state index in [1.54, 1.807) is 7.11 Å². The van der Waals surface area contributed by atoms with Gasteiger partial charge in [0.1, 0.15) is 11.5 Å². The minimum Gasteiger partial charge on any atom is -0.497 e. The van der Waals surface area contributed by atoms with E-state index in [4.69, 9.17) is 9.47 Å². The van der Waals surface area contributed by atoms with E-state index >= 15 is 0 Å². The van der Waals surface area contributed by atoms with Gasteiger partial charge in [-0.1, -0.05) is 30.3 Å². The maximum atomic E-state index is 11.9. The Kier molecular flexibility index (Phi) is 3.03. The molecule has 0 aliphatic carbocycles. The van der Waals surface area contributed by atoms with Crippen molar-refractivity contribution in [3.63, 3.8) is 0 Å². The monoisotopic (exact) mass is 266 g/mol. The molecule has 0 unspecified atom stereocenters. The van der Waals surface area contributed by atoms with Crippen LogP contribution in [0.2, 0.25) is 0 Å². The van der Waals surface area contributed by atoms with Crippen LogP contribution < -0.4 is 4.74 Å². The maximum absolute atomic E-state index is 11.9. The Morgan fingerprint density at radius 3 is 2.75 bits per heavy atom. The summed E-state index contributed by atoms with van der Waals surface area (Å²) in [6.07, 6.45) is 1.85. The van der Waals surface area contributed by atoms with Crippen molar-refractivity contribution in [3.8, 4) is 5.75 Å². The number of rotatable bonds is 2. The lowest BCUT2D eigenvalue weighted by atomic mass is 10.0. The van der Waals surface area contributed by atoms with Gasteiger partial charge < -0.3 is 9.47 Å². The Morgan fingerprint density at radius 1 is 1.15 bits per heavy atom. The highest BCUT2D eigenvalue weighted by Crippen LogP contribution is 2.33. The zero-order valence-corrected chi connectivity index (χ0v) is 11.3. The van der Waals surface area contributed by atoms with Gasteiger partial charge in [-0.25, -0.2) is 4.79 Å². The van der Waals surface area contributed by atoms with Crippen LogP contribution in [0.4, 0.5) is 0 Å². The molecule has 2 aromatic rings. The summed E-state index contributed by atoms with van der Waals surface area (Å²) in [5.41, 5.74) is 3.36. The van der Waals surface area contributed by atoms with E-state index in [9.17, 15) is 4.79 Å². The molecule has 20 heavy (non-hydrogen) atoms. The Balaban J connectivity index is 2.07. The molecule has 0 saturated carbocycles. The molecule has 2 aromatic carbocycles. The van der Waals surface area contributed by atoms with Gasteiger partial charge >= 0.3 is 5.97 Å². The number of hydrogen-bond acceptors (Lipinski definition) is 3. The standard InChI is InChI=1S/C17H14O3/c1-11-5-3-8-14-15(20-17(18)16(11)14)10-12-6-4-7-13(9-12)19-2/h3-10H,1-2H3. The predicted octanol–water partition coefficient (Wildman–Crippen LogP) is 3.67. The molecule has 0 aromatic heterocycles. The number of aryl methyl sites for hydroxylation is 1. The zero-order chi connectivity index (χ0) is 14.1. The van der Waals surface area contributed by atoms with Gasteiger partial charge in [-0.3, -0.25) is 0 Å². The lowest BCUT2D eigenvalue weighted by Crippen LogP contribution is -1.96. The van der Waals surface area contributed by atoms with Crippen LogP contribution in [0.3, 0.4) is 0 Å². The summed E-state index contributed by atoms with van der Waals surface area (Å²) < 4.78 is 10.6. The number of carbonyl (C=O) groups excluding carboxylic acids is 1. The van der Waals surface area contributed by atoms with E-state index in [2.05, 4.69) is 0 Å². The highest BCUT2D eigenvalue weighted by atomic mass is 16.5. The maximum Gasteiger partial charge on any atom is 0.344 e. The molecule has 0 bridgehead atoms. The third kappa shape index (κ3) is 2.07. The Labute approximate surface area is 117 Å². The summed E-state index contributed by atoms with van der Waals surface area (Å²) in [6.45, 7) is 1.91. The molecule has 3 nitrogen and oxygen atoms in total. The van der Waals surface area contributed by atoms with Crippen molar-refractivity contribution in [3.05, 3.63) is 64.7 Å². The smallest absolute Gasteiger partial charge is 0.344 e. The fourth-order valence-corrected chi connectivity index (χ4v) is 2.34. The number of fused-ring (bicyclic) bond motifs is 1. The van der Waals surface area contributed by atoms with Gasteiger partial charge in [0, 0.05) is 5.56 Å². The third-order valence-corrected chi connectivity index (χ3v) is 3.34. The van der Waals surface area contributed by atoms with Gasteiger partial charge in [0.2, 0.25) is 0 Å². The summed E-state index contributed by atoms with van der Waals surface area (Å²) in [6, 6.07) is 13.4. The van der Waals surface area contributed by atoms with Crippen molar-refractivity contribution >= 4 is 17.8 Å². The zero-order valence-electron chi connectivity index (χ0n) is 11.3. The van der Waals surface area contributed by atoms with E-state index in [0.29, 0.717) is 11.3 Å². The lowest BCUT2D eigenvalue weighted by molar-refractivity contribution is 0.0716. The molecule has 0 atom stereocenters. The SMILES string of the molecule is COc1cccc(C=C2OC(=O)c3c(C)cccc32)c1. The molecule has 0 spiro atoms. The van der Waals surface area contributed by atoms with E-state index in [0.717, 1.165) is 22.4 Å². The summed E-state index contributed by atoms with van der Waals surface area (Å²) in [5, 5.41) is 0. The van der Waals surface area contributed by atoms with Gasteiger partial charge in [0.05, 0.1) is 12.7 Å². The van der Waals surface area contributed by atoms with E-state index in [-0.39, 0.29) is 5.97 Å². The molecule has 100 valence electrons. The molecule has 0 N–H and O–H groups in total. The molecule has 0 saturated heterocycles. The largest absolute Gasteiger partial charge is 0.497 e. The van der Waals surface area contributed by atoms with Gasteiger partial charge in [-0.2, -0.15) is 0 Å². The van der Waals surface area contributed by atoms with Crippen molar-refractivity contribution in [2.45, 2.75) is 6.92 Å². The molecule has 1 aliphatic rings. The van der Waals surface area contributed by atoms with Crippen LogP contribution in [0.1, 0.15) is 27.0 Å². The minimum atomic E-state index is -0.285. The first-order valence-electron chi connectivity index (χ1n) is 6.37. The molecule has 1 heterocycles. The molecule has 0 radical (unpaired) electrons. The normalized spacial score (nSPS) is 15.1. The summed E-state index contributed by atoms with van der Waals surface area (Å²) in [4.78, 5) is 11.9. The highest BCUT2D eigenvalue weighted by molar-refractivity contribution is 6.06. The molecule has 1 aliphatic heterocycles. The summed E-state index contributed by atoms with van der Waals surface area (Å²) in [5.74, 6) is 1.07. The van der Waals surface area contributed by atoms with E-state index in [1.807, 2.05) is 55.5 Å². The van der Waals surface area contributed by atoms with Crippen LogP contribution >= 0.6 is 0 Å². The van der Waals surface area contributed by atoms with Crippen molar-refractivity contribution in [2.75, 3.05) is 7.11 Å². The molecule has 3 rings (SSSR count). The van der Waals surface area contributed by atoms with Gasteiger partial charge in [0.25, 0.3) is 0 Å². The van der Waals surface area contributed by atoms with E-state index in [1.165, 1.54) is 0 Å². The number of methoxy groups -OCH3 is 1. The van der Waals surface area contributed by atoms with Crippen LogP contribution in [0.25, 0.3) is 11.8 Å². The number of hydrogen-bond donors (Lipinski definition) is 0. The first-order valence-corrected chi connectivity index (χ1v) is 6.37. The van der Waals surface area contributed by atoms with Crippen LogP contribution in [0.15, 0.2) is 42.5 Å². The first kappa shape index (κ1) is 12.5. The summed E-state index contributed by atoms with van der Waals surface area (Å²) in [7, 11) is 1.63. The number of carbonyl (C=O) groups is 1. The van der Waals surface area contributed by atoms with Gasteiger partial charge in [0.15, 0.2) is 0 Å². The van der Waals surface area contributed by atoms with Crippen LogP contribution in [-0.4, -0.2) is 13.1 Å². The van der Waals surface area contributed by atoms with Crippen molar-refractivity contribution in [2.24, 2.45) is 0 Å². The van der Waals surface area contributed by atoms with Crippen LogP contribution in [0.5, 0.6) is 5.75 Å². The van der Waals surface area contributed by atoms with Crippen molar-refractivity contribution < 1.29 is 14.3 Å². The van der Waals surface area contributed by atoms with Crippen molar-refractivity contribution in [1.29, 1.82) is 0 Å². The number of cyclic esters (lactones) is 1. The Morgan fingerprint density at radius 2 is 1.95 bits per heavy atom. The lowest BCUT2D eigenvalue weighted by Gasteiger charge is -2.02. The topological polar surface area (TPSA) is 35.5 Å². The van der Waals surface area contributed by atoms with E-state index < -0.39 is 0 Å². The van der Waals surface area contributed by atoms with Crippen molar-refractivity contribution in [1.82, 2.24) is 0 Å². The second-order valence-electron chi connectivity index (χ2n) is 4.67. The summed E-state index contributed by atoms with van der Waals surface area (Å²) >= 11 is 0. The molecular formula is C17H14O3. The Bertz CT molecular complexity index is 714. The molecule has 0 amide bonds. The highest BCUT2D eigenvalue weighted by Gasteiger charge is 2.27. The number of benzene rings is 2. The number of ether oxygens (including phenoxy) is 2. The second-order valence-corrected chi connectivity index (χ2v) is 4.67. The first-order chi connectivity index (χ1) is 9.69. The van der Waals surface area contributed by atoms with Crippen LogP contribution in [-0.2, 0) is 4.74 Å². The second kappa shape index (κ2) is 4.85. The minimum absolute atomic E-state index is 0.285. The third-order valence-electron chi connectivity index (χ3n) is 3.34. The predicted molar refractivity (Wildman–Crippen MR) is 77.5 cm³/mol. The Hall–Kier alpha value is -2.55. The molecular weight excluding hydrogens is 252 g/mol. The fraction of sp³-hybridized carbons (Fsp3) is 0.118. The quantitative estimate of drug-likeness (QED) is 0.778. The molecule has 0 fully saturated rings. The molecule has 3 heteroatoms. The van der Waals surface area contributed by atoms with Gasteiger partial charge in [-0.15, -0.1) is 0 Å². The van der Waals surface area contributed by atoms with Gasteiger partial charge in [-0.05, 0) is 36.3 Å². The van der Waals surface area contributed by atoms with Crippen LogP contribution in [0, 0.1) is 6.92 Å². The average Bonchev–Trinajstić information content (AvgIpc) is 2.77. The average molecular weight is 266 g/mol.